The van der Waals surface area contributed by atoms with E-state index in [-0.39, 0.29) is 11.7 Å². The topological polar surface area (TPSA) is 65.8 Å². The zero-order chi connectivity index (χ0) is 20.3. The van der Waals surface area contributed by atoms with Crippen LogP contribution in [0.4, 0.5) is 5.69 Å². The van der Waals surface area contributed by atoms with Gasteiger partial charge in [0.25, 0.3) is 0 Å². The molecule has 0 aliphatic carbocycles. The van der Waals surface area contributed by atoms with E-state index < -0.39 is 0 Å². The number of nitriles is 1. The van der Waals surface area contributed by atoms with Crippen molar-refractivity contribution in [3.63, 3.8) is 0 Å². The first-order chi connectivity index (χ1) is 13.4. The van der Waals surface area contributed by atoms with Crippen LogP contribution in [0.2, 0.25) is 0 Å². The second kappa shape index (κ2) is 8.45. The quantitative estimate of drug-likeness (QED) is 0.579. The Morgan fingerprint density at radius 2 is 1.89 bits per heavy atom. The molecule has 0 aliphatic rings. The number of pyridine rings is 1. The summed E-state index contributed by atoms with van der Waals surface area (Å²) in [5, 5.41) is 14.0. The van der Waals surface area contributed by atoms with E-state index in [2.05, 4.69) is 42.4 Å². The molecule has 0 aliphatic heterocycles. The molecule has 1 aromatic heterocycles. The van der Waals surface area contributed by atoms with Crippen molar-refractivity contribution in [2.24, 2.45) is 0 Å². The van der Waals surface area contributed by atoms with Crippen LogP contribution in [0.5, 0.6) is 0 Å². The first kappa shape index (κ1) is 19.9. The van der Waals surface area contributed by atoms with E-state index >= 15 is 0 Å². The highest BCUT2D eigenvalue weighted by Gasteiger charge is 2.13. The number of amides is 1. The van der Waals surface area contributed by atoms with Gasteiger partial charge in [-0.2, -0.15) is 5.26 Å². The summed E-state index contributed by atoms with van der Waals surface area (Å²) < 4.78 is 0. The minimum Gasteiger partial charge on any atom is -0.325 e. The highest BCUT2D eigenvalue weighted by molar-refractivity contribution is 8.00. The van der Waals surface area contributed by atoms with E-state index in [4.69, 9.17) is 0 Å². The number of aryl methyl sites for hydroxylation is 2. The third kappa shape index (κ3) is 4.35. The van der Waals surface area contributed by atoms with Crippen molar-refractivity contribution in [3.05, 3.63) is 64.7 Å². The Bertz CT molecular complexity index is 1060. The van der Waals surface area contributed by atoms with Crippen LogP contribution in [0, 0.1) is 25.2 Å². The maximum Gasteiger partial charge on any atom is 0.234 e. The smallest absolute Gasteiger partial charge is 0.234 e. The molecule has 0 radical (unpaired) electrons. The maximum absolute atomic E-state index is 12.4. The van der Waals surface area contributed by atoms with Crippen molar-refractivity contribution in [1.29, 1.82) is 5.26 Å². The zero-order valence-electron chi connectivity index (χ0n) is 16.5. The second-order valence-corrected chi connectivity index (χ2v) is 8.13. The lowest BCUT2D eigenvalue weighted by atomic mass is 10.0. The number of rotatable bonds is 5. The van der Waals surface area contributed by atoms with Crippen LogP contribution in [0.1, 0.15) is 42.0 Å². The predicted molar refractivity (Wildman–Crippen MR) is 116 cm³/mol. The Kier molecular flexibility index (Phi) is 6.01. The van der Waals surface area contributed by atoms with Crippen molar-refractivity contribution in [3.8, 4) is 6.07 Å². The molecule has 0 fully saturated rings. The summed E-state index contributed by atoms with van der Waals surface area (Å²) in [5.41, 5.74) is 5.45. The van der Waals surface area contributed by atoms with Gasteiger partial charge in [0.2, 0.25) is 5.91 Å². The number of nitrogens with zero attached hydrogens (tertiary/aromatic N) is 2. The molecule has 0 saturated heterocycles. The van der Waals surface area contributed by atoms with Gasteiger partial charge in [0.15, 0.2) is 0 Å². The SMILES string of the molecule is Cc1cccc(C)c1NC(=O)CSc1nc2ccc(C(C)C)cc2cc1C#N. The molecular formula is C23H23N3OS. The number of carbonyl (C=O) groups excluding carboxylic acids is 1. The van der Waals surface area contributed by atoms with Gasteiger partial charge in [0.1, 0.15) is 11.1 Å². The van der Waals surface area contributed by atoms with Crippen LogP contribution in [-0.2, 0) is 4.79 Å². The number of benzene rings is 2. The largest absolute Gasteiger partial charge is 0.325 e. The minimum atomic E-state index is -0.108. The van der Waals surface area contributed by atoms with E-state index in [0.717, 1.165) is 27.7 Å². The summed E-state index contributed by atoms with van der Waals surface area (Å²) in [6.07, 6.45) is 0. The van der Waals surface area contributed by atoms with Gasteiger partial charge in [-0.25, -0.2) is 4.98 Å². The maximum atomic E-state index is 12.4. The number of hydrogen-bond donors (Lipinski definition) is 1. The number of carbonyl (C=O) groups is 1. The predicted octanol–water partition coefficient (Wildman–Crippen LogP) is 5.58. The Hall–Kier alpha value is -2.84. The molecule has 0 saturated carbocycles. The summed E-state index contributed by atoms with van der Waals surface area (Å²) in [5.74, 6) is 0.506. The lowest BCUT2D eigenvalue weighted by molar-refractivity contribution is -0.113. The van der Waals surface area contributed by atoms with E-state index in [0.29, 0.717) is 16.5 Å². The molecule has 0 bridgehead atoms. The molecule has 28 heavy (non-hydrogen) atoms. The number of fused-ring (bicyclic) bond motifs is 1. The average Bonchev–Trinajstić information content (AvgIpc) is 2.68. The zero-order valence-corrected chi connectivity index (χ0v) is 17.4. The van der Waals surface area contributed by atoms with Crippen LogP contribution < -0.4 is 5.32 Å². The van der Waals surface area contributed by atoms with Crippen molar-refractivity contribution in [2.45, 2.75) is 38.6 Å². The molecule has 3 aromatic rings. The van der Waals surface area contributed by atoms with Gasteiger partial charge in [-0.15, -0.1) is 0 Å². The number of hydrogen-bond acceptors (Lipinski definition) is 4. The molecular weight excluding hydrogens is 366 g/mol. The molecule has 1 heterocycles. The summed E-state index contributed by atoms with van der Waals surface area (Å²) in [7, 11) is 0. The molecule has 0 spiro atoms. The summed E-state index contributed by atoms with van der Waals surface area (Å²) in [6, 6.07) is 16.1. The molecule has 142 valence electrons. The van der Waals surface area contributed by atoms with Crippen molar-refractivity contribution in [2.75, 3.05) is 11.1 Å². The fourth-order valence-electron chi connectivity index (χ4n) is 3.05. The lowest BCUT2D eigenvalue weighted by Gasteiger charge is -2.12. The molecule has 2 aromatic carbocycles. The van der Waals surface area contributed by atoms with Gasteiger partial charge >= 0.3 is 0 Å². The number of aromatic nitrogens is 1. The van der Waals surface area contributed by atoms with Gasteiger partial charge in [-0.05, 0) is 54.7 Å². The Morgan fingerprint density at radius 3 is 2.54 bits per heavy atom. The third-order valence-corrected chi connectivity index (χ3v) is 5.67. The molecule has 4 nitrogen and oxygen atoms in total. The lowest BCUT2D eigenvalue weighted by Crippen LogP contribution is -2.16. The van der Waals surface area contributed by atoms with Gasteiger partial charge < -0.3 is 5.32 Å². The number of nitrogens with one attached hydrogen (secondary N) is 1. The highest BCUT2D eigenvalue weighted by atomic mass is 32.2. The van der Waals surface area contributed by atoms with Gasteiger partial charge in [-0.1, -0.05) is 49.9 Å². The van der Waals surface area contributed by atoms with E-state index in [1.54, 1.807) is 0 Å². The summed E-state index contributed by atoms with van der Waals surface area (Å²) in [4.78, 5) is 17.1. The number of thioether (sulfide) groups is 1. The van der Waals surface area contributed by atoms with E-state index in [1.807, 2.05) is 44.2 Å². The number of para-hydroxylation sites is 1. The molecule has 3 rings (SSSR count). The van der Waals surface area contributed by atoms with E-state index in [9.17, 15) is 10.1 Å². The van der Waals surface area contributed by atoms with Crippen LogP contribution in [0.25, 0.3) is 10.9 Å². The van der Waals surface area contributed by atoms with Crippen molar-refractivity contribution >= 4 is 34.3 Å². The highest BCUT2D eigenvalue weighted by Crippen LogP contribution is 2.27. The Balaban J connectivity index is 1.79. The van der Waals surface area contributed by atoms with Gasteiger partial charge in [0, 0.05) is 11.1 Å². The van der Waals surface area contributed by atoms with Crippen LogP contribution in [-0.4, -0.2) is 16.6 Å². The fourth-order valence-corrected chi connectivity index (χ4v) is 3.81. The minimum absolute atomic E-state index is 0.108. The van der Waals surface area contributed by atoms with Crippen LogP contribution in [0.15, 0.2) is 47.5 Å². The average molecular weight is 390 g/mol. The standard InChI is InChI=1S/C23H23N3OS/c1-14(2)17-8-9-20-18(10-17)11-19(12-24)23(25-20)28-13-21(27)26-22-15(3)6-5-7-16(22)4/h5-11,14H,13H2,1-4H3,(H,26,27). The molecule has 0 atom stereocenters. The first-order valence-corrected chi connectivity index (χ1v) is 10.2. The normalized spacial score (nSPS) is 10.9. The first-order valence-electron chi connectivity index (χ1n) is 9.22. The Labute approximate surface area is 170 Å². The molecule has 0 unspecified atom stereocenters. The third-order valence-electron chi connectivity index (χ3n) is 4.68. The molecule has 1 amide bonds. The van der Waals surface area contributed by atoms with Crippen LogP contribution >= 0.6 is 11.8 Å². The second-order valence-electron chi connectivity index (χ2n) is 7.16. The monoisotopic (exact) mass is 389 g/mol. The van der Waals surface area contributed by atoms with E-state index in [1.165, 1.54) is 17.3 Å². The van der Waals surface area contributed by atoms with Crippen LogP contribution in [0.3, 0.4) is 0 Å². The molecule has 5 heteroatoms. The fraction of sp³-hybridized carbons (Fsp3) is 0.261. The van der Waals surface area contributed by atoms with Crippen molar-refractivity contribution in [1.82, 2.24) is 4.98 Å². The van der Waals surface area contributed by atoms with Gasteiger partial charge in [-0.3, -0.25) is 4.79 Å². The number of anilines is 1. The van der Waals surface area contributed by atoms with Gasteiger partial charge in [0.05, 0.1) is 16.8 Å². The van der Waals surface area contributed by atoms with Crippen molar-refractivity contribution < 1.29 is 4.79 Å². The Morgan fingerprint density at radius 1 is 1.18 bits per heavy atom. The molecule has 1 N–H and O–H groups in total. The summed E-state index contributed by atoms with van der Waals surface area (Å²) >= 11 is 1.29. The summed E-state index contributed by atoms with van der Waals surface area (Å²) in [6.45, 7) is 8.22.